The van der Waals surface area contributed by atoms with Gasteiger partial charge in [-0.05, 0) is 25.2 Å². The predicted molar refractivity (Wildman–Crippen MR) is 64.3 cm³/mol. The number of ether oxygens (including phenoxy) is 1. The molecule has 1 saturated heterocycles. The standard InChI is InChI=1S/C12H21N3O/c1-8(2)6-10-11(14-15-12(10)13)9-4-3-5-16-7-9/h8-9H,3-7H2,1-2H3,(H3,13,14,15). The minimum absolute atomic E-state index is 0.451. The highest BCUT2D eigenvalue weighted by atomic mass is 16.5. The van der Waals surface area contributed by atoms with E-state index in [-0.39, 0.29) is 0 Å². The molecule has 90 valence electrons. The van der Waals surface area contributed by atoms with Crippen LogP contribution in [0.15, 0.2) is 0 Å². The van der Waals surface area contributed by atoms with Gasteiger partial charge in [0.1, 0.15) is 5.82 Å². The lowest BCUT2D eigenvalue weighted by Gasteiger charge is -2.22. The maximum Gasteiger partial charge on any atom is 0.148 e. The van der Waals surface area contributed by atoms with Crippen molar-refractivity contribution in [3.8, 4) is 0 Å². The zero-order valence-electron chi connectivity index (χ0n) is 10.1. The van der Waals surface area contributed by atoms with Crippen LogP contribution in [0.3, 0.4) is 0 Å². The van der Waals surface area contributed by atoms with E-state index in [2.05, 4.69) is 24.0 Å². The van der Waals surface area contributed by atoms with Crippen LogP contribution in [0.2, 0.25) is 0 Å². The van der Waals surface area contributed by atoms with Gasteiger partial charge in [-0.1, -0.05) is 13.8 Å². The molecule has 2 heterocycles. The third-order valence-corrected chi connectivity index (χ3v) is 3.11. The van der Waals surface area contributed by atoms with Crippen LogP contribution < -0.4 is 5.73 Å². The minimum Gasteiger partial charge on any atom is -0.382 e. The van der Waals surface area contributed by atoms with Gasteiger partial charge in [0.15, 0.2) is 0 Å². The molecular formula is C12H21N3O. The molecule has 1 atom stereocenters. The molecule has 0 aliphatic carbocycles. The maximum absolute atomic E-state index is 5.91. The van der Waals surface area contributed by atoms with Crippen molar-refractivity contribution in [1.82, 2.24) is 10.2 Å². The lowest BCUT2D eigenvalue weighted by molar-refractivity contribution is 0.0790. The molecule has 1 unspecified atom stereocenters. The molecule has 0 radical (unpaired) electrons. The Morgan fingerprint density at radius 2 is 2.38 bits per heavy atom. The summed E-state index contributed by atoms with van der Waals surface area (Å²) in [5.41, 5.74) is 8.31. The highest BCUT2D eigenvalue weighted by Gasteiger charge is 2.23. The summed E-state index contributed by atoms with van der Waals surface area (Å²) >= 11 is 0. The molecule has 0 aromatic carbocycles. The highest BCUT2D eigenvalue weighted by Crippen LogP contribution is 2.30. The van der Waals surface area contributed by atoms with Crippen LogP contribution in [0.1, 0.15) is 43.9 Å². The van der Waals surface area contributed by atoms with Crippen molar-refractivity contribution in [3.63, 3.8) is 0 Å². The van der Waals surface area contributed by atoms with E-state index in [4.69, 9.17) is 10.5 Å². The van der Waals surface area contributed by atoms with Crippen LogP contribution in [-0.4, -0.2) is 23.4 Å². The Morgan fingerprint density at radius 3 is 3.00 bits per heavy atom. The number of nitrogens with one attached hydrogen (secondary N) is 1. The number of aromatic nitrogens is 2. The molecule has 0 spiro atoms. The van der Waals surface area contributed by atoms with Crippen molar-refractivity contribution in [2.45, 2.75) is 39.0 Å². The lowest BCUT2D eigenvalue weighted by atomic mass is 9.92. The van der Waals surface area contributed by atoms with E-state index in [0.717, 1.165) is 26.1 Å². The predicted octanol–water partition coefficient (Wildman–Crippen LogP) is 2.08. The van der Waals surface area contributed by atoms with Crippen LogP contribution in [0, 0.1) is 5.92 Å². The Bertz CT molecular complexity index is 340. The molecule has 4 nitrogen and oxygen atoms in total. The van der Waals surface area contributed by atoms with Crippen LogP contribution in [0.4, 0.5) is 5.82 Å². The van der Waals surface area contributed by atoms with E-state index in [1.807, 2.05) is 0 Å². The summed E-state index contributed by atoms with van der Waals surface area (Å²) in [7, 11) is 0. The number of H-pyrrole nitrogens is 1. The minimum atomic E-state index is 0.451. The van der Waals surface area contributed by atoms with E-state index in [1.165, 1.54) is 17.7 Å². The average Bonchev–Trinajstić information content (AvgIpc) is 2.61. The molecule has 4 heteroatoms. The Hall–Kier alpha value is -1.03. The number of nitrogens with two attached hydrogens (primary N) is 1. The first-order valence-corrected chi connectivity index (χ1v) is 6.08. The molecule has 16 heavy (non-hydrogen) atoms. The van der Waals surface area contributed by atoms with Crippen LogP contribution in [0.5, 0.6) is 0 Å². The second-order valence-corrected chi connectivity index (χ2v) is 5.01. The van der Waals surface area contributed by atoms with E-state index < -0.39 is 0 Å². The zero-order valence-corrected chi connectivity index (χ0v) is 10.1. The summed E-state index contributed by atoms with van der Waals surface area (Å²) < 4.78 is 5.52. The summed E-state index contributed by atoms with van der Waals surface area (Å²) in [6, 6.07) is 0. The van der Waals surface area contributed by atoms with Crippen molar-refractivity contribution < 1.29 is 4.74 Å². The largest absolute Gasteiger partial charge is 0.382 e. The topological polar surface area (TPSA) is 63.9 Å². The average molecular weight is 223 g/mol. The van der Waals surface area contributed by atoms with Crippen molar-refractivity contribution in [3.05, 3.63) is 11.3 Å². The Morgan fingerprint density at radius 1 is 1.56 bits per heavy atom. The van der Waals surface area contributed by atoms with E-state index in [9.17, 15) is 0 Å². The maximum atomic E-state index is 5.91. The Labute approximate surface area is 96.6 Å². The van der Waals surface area contributed by atoms with Gasteiger partial charge in [0.05, 0.1) is 6.61 Å². The first-order chi connectivity index (χ1) is 7.68. The van der Waals surface area contributed by atoms with Gasteiger partial charge in [-0.15, -0.1) is 0 Å². The smallest absolute Gasteiger partial charge is 0.148 e. The summed E-state index contributed by atoms with van der Waals surface area (Å²) in [4.78, 5) is 0. The molecule has 1 aromatic heterocycles. The van der Waals surface area contributed by atoms with Gasteiger partial charge in [0, 0.05) is 23.8 Å². The number of hydrogen-bond donors (Lipinski definition) is 2. The number of nitrogen functional groups attached to an aromatic ring is 1. The molecule has 2 rings (SSSR count). The number of anilines is 1. The van der Waals surface area contributed by atoms with E-state index in [1.54, 1.807) is 0 Å². The molecule has 0 amide bonds. The SMILES string of the molecule is CC(C)Cc1c(N)n[nH]c1C1CCCOC1. The molecular weight excluding hydrogens is 202 g/mol. The number of rotatable bonds is 3. The molecule has 1 aliphatic heterocycles. The van der Waals surface area contributed by atoms with Gasteiger partial charge in [-0.25, -0.2) is 0 Å². The fourth-order valence-electron chi connectivity index (χ4n) is 2.32. The normalized spacial score (nSPS) is 21.6. The van der Waals surface area contributed by atoms with Crippen molar-refractivity contribution >= 4 is 5.82 Å². The summed E-state index contributed by atoms with van der Waals surface area (Å²) in [5.74, 6) is 1.71. The van der Waals surface area contributed by atoms with Crippen LogP contribution in [-0.2, 0) is 11.2 Å². The lowest BCUT2D eigenvalue weighted by Crippen LogP contribution is -2.17. The van der Waals surface area contributed by atoms with Gasteiger partial charge in [-0.2, -0.15) is 5.10 Å². The van der Waals surface area contributed by atoms with E-state index in [0.29, 0.717) is 17.7 Å². The summed E-state index contributed by atoms with van der Waals surface area (Å²) in [5, 5.41) is 7.24. The third-order valence-electron chi connectivity index (χ3n) is 3.11. The van der Waals surface area contributed by atoms with Crippen LogP contribution in [0.25, 0.3) is 0 Å². The molecule has 0 bridgehead atoms. The van der Waals surface area contributed by atoms with Crippen molar-refractivity contribution in [1.29, 1.82) is 0 Å². The van der Waals surface area contributed by atoms with Gasteiger partial charge >= 0.3 is 0 Å². The fourth-order valence-corrected chi connectivity index (χ4v) is 2.32. The third kappa shape index (κ3) is 2.38. The number of hydrogen-bond acceptors (Lipinski definition) is 3. The fraction of sp³-hybridized carbons (Fsp3) is 0.750. The van der Waals surface area contributed by atoms with Crippen molar-refractivity contribution in [2.24, 2.45) is 5.92 Å². The molecule has 1 aromatic rings. The zero-order chi connectivity index (χ0) is 11.5. The highest BCUT2D eigenvalue weighted by molar-refractivity contribution is 5.43. The van der Waals surface area contributed by atoms with Crippen molar-refractivity contribution in [2.75, 3.05) is 18.9 Å². The van der Waals surface area contributed by atoms with Gasteiger partial charge in [-0.3, -0.25) is 5.10 Å². The summed E-state index contributed by atoms with van der Waals surface area (Å²) in [6.07, 6.45) is 3.30. The first-order valence-electron chi connectivity index (χ1n) is 6.08. The molecule has 1 aliphatic rings. The summed E-state index contributed by atoms with van der Waals surface area (Å²) in [6.45, 7) is 6.09. The van der Waals surface area contributed by atoms with Gasteiger partial charge in [0.2, 0.25) is 0 Å². The Kier molecular flexibility index (Phi) is 3.49. The van der Waals surface area contributed by atoms with Crippen LogP contribution >= 0.6 is 0 Å². The van der Waals surface area contributed by atoms with E-state index >= 15 is 0 Å². The molecule has 0 saturated carbocycles. The number of aromatic amines is 1. The molecule has 3 N–H and O–H groups in total. The second kappa shape index (κ2) is 4.87. The number of nitrogens with zero attached hydrogens (tertiary/aromatic N) is 1. The second-order valence-electron chi connectivity index (χ2n) is 5.01. The first kappa shape index (κ1) is 11.5. The van der Waals surface area contributed by atoms with Gasteiger partial charge in [0.25, 0.3) is 0 Å². The monoisotopic (exact) mass is 223 g/mol. The Balaban J connectivity index is 2.18. The molecule has 1 fully saturated rings. The van der Waals surface area contributed by atoms with Gasteiger partial charge < -0.3 is 10.5 Å². The quantitative estimate of drug-likeness (QED) is 0.824.